The van der Waals surface area contributed by atoms with Gasteiger partial charge >= 0.3 is 0 Å². The Morgan fingerprint density at radius 2 is 1.68 bits per heavy atom. The molecule has 1 fully saturated rings. The number of rotatable bonds is 5. The van der Waals surface area contributed by atoms with Gasteiger partial charge in [0.2, 0.25) is 10.0 Å². The maximum Gasteiger partial charge on any atom is 0.268 e. The van der Waals surface area contributed by atoms with Crippen molar-refractivity contribution in [1.82, 2.24) is 4.98 Å². The Morgan fingerprint density at radius 3 is 2.41 bits per heavy atom. The van der Waals surface area contributed by atoms with E-state index in [1.807, 2.05) is 30.3 Å². The molecule has 2 aliphatic heterocycles. The molecule has 4 aromatic rings. The minimum atomic E-state index is -3.90. The first kappa shape index (κ1) is 23.6. The first-order chi connectivity index (χ1) is 17.7. The number of carbonyl (C=O) groups excluding carboxylic acids is 1. The van der Waals surface area contributed by atoms with Crippen LogP contribution in [0.5, 0.6) is 0 Å². The molecule has 0 spiro atoms. The van der Waals surface area contributed by atoms with Crippen LogP contribution in [0.4, 0.5) is 11.5 Å². The standard InChI is InChI=1S/C28H26N4O4S/c29-37(35,36)22-11-9-21(10-12-22)28(34)23-5-1-2-6-25(23)32(27(28)33)18-19-7-13-24-20(17-19)8-14-26(30-24)31-15-3-4-16-31/h1-2,5-14,17,34H,3-4,15-16,18H2,(H2,29,35,36). The van der Waals surface area contributed by atoms with Crippen molar-refractivity contribution in [3.63, 3.8) is 0 Å². The van der Waals surface area contributed by atoms with Gasteiger partial charge in [-0.05, 0) is 66.4 Å². The molecule has 3 N–H and O–H groups in total. The first-order valence-electron chi connectivity index (χ1n) is 12.2. The van der Waals surface area contributed by atoms with Crippen LogP contribution in [0.15, 0.2) is 83.8 Å². The molecule has 0 bridgehead atoms. The van der Waals surface area contributed by atoms with Crippen molar-refractivity contribution in [1.29, 1.82) is 0 Å². The summed E-state index contributed by atoms with van der Waals surface area (Å²) in [5.41, 5.74) is 1.18. The fourth-order valence-corrected chi connectivity index (χ4v) is 5.84. The van der Waals surface area contributed by atoms with Gasteiger partial charge in [0, 0.05) is 24.0 Å². The van der Waals surface area contributed by atoms with Crippen LogP contribution in [0.25, 0.3) is 10.9 Å². The molecule has 3 aromatic carbocycles. The molecular formula is C28H26N4O4S. The minimum absolute atomic E-state index is 0.0897. The molecule has 1 amide bonds. The van der Waals surface area contributed by atoms with Crippen LogP contribution in [-0.2, 0) is 27.0 Å². The number of nitrogens with zero attached hydrogens (tertiary/aromatic N) is 3. The lowest BCUT2D eigenvalue weighted by Crippen LogP contribution is -2.40. The molecule has 1 aromatic heterocycles. The van der Waals surface area contributed by atoms with Gasteiger partial charge in [0.1, 0.15) is 5.82 Å². The van der Waals surface area contributed by atoms with Crippen molar-refractivity contribution < 1.29 is 18.3 Å². The highest BCUT2D eigenvalue weighted by molar-refractivity contribution is 7.89. The SMILES string of the molecule is NS(=O)(=O)c1ccc(C2(O)C(=O)N(Cc3ccc4nc(N5CCCC5)ccc4c3)c3ccccc32)cc1. The fourth-order valence-electron chi connectivity index (χ4n) is 5.32. The number of aliphatic hydroxyl groups is 1. The van der Waals surface area contributed by atoms with Gasteiger partial charge in [-0.25, -0.2) is 18.5 Å². The highest BCUT2D eigenvalue weighted by atomic mass is 32.2. The van der Waals surface area contributed by atoms with Gasteiger partial charge in [-0.15, -0.1) is 0 Å². The van der Waals surface area contributed by atoms with Gasteiger partial charge in [-0.1, -0.05) is 36.4 Å². The van der Waals surface area contributed by atoms with Gasteiger partial charge in [0.05, 0.1) is 22.6 Å². The lowest BCUT2D eigenvalue weighted by molar-refractivity contribution is -0.132. The molecule has 1 unspecified atom stereocenters. The number of anilines is 2. The van der Waals surface area contributed by atoms with E-state index in [4.69, 9.17) is 10.1 Å². The van der Waals surface area contributed by atoms with Crippen LogP contribution >= 0.6 is 0 Å². The molecule has 188 valence electrons. The monoisotopic (exact) mass is 514 g/mol. The molecule has 1 saturated heterocycles. The Balaban J connectivity index is 1.33. The van der Waals surface area contributed by atoms with Crippen LogP contribution in [0.1, 0.15) is 29.5 Å². The molecule has 0 saturated carbocycles. The molecule has 8 nitrogen and oxygen atoms in total. The molecule has 0 aliphatic carbocycles. The van der Waals surface area contributed by atoms with E-state index < -0.39 is 21.5 Å². The van der Waals surface area contributed by atoms with E-state index in [1.165, 1.54) is 37.1 Å². The second-order valence-electron chi connectivity index (χ2n) is 9.58. The Morgan fingerprint density at radius 1 is 0.946 bits per heavy atom. The highest BCUT2D eigenvalue weighted by Gasteiger charge is 2.50. The van der Waals surface area contributed by atoms with Crippen LogP contribution in [-0.4, -0.2) is 37.5 Å². The molecule has 0 radical (unpaired) electrons. The lowest BCUT2D eigenvalue weighted by Gasteiger charge is -2.24. The van der Waals surface area contributed by atoms with Crippen molar-refractivity contribution in [2.45, 2.75) is 29.9 Å². The van der Waals surface area contributed by atoms with Crippen molar-refractivity contribution in [3.05, 3.63) is 95.6 Å². The van der Waals surface area contributed by atoms with Crippen LogP contribution < -0.4 is 14.9 Å². The molecule has 6 rings (SSSR count). The van der Waals surface area contributed by atoms with Crippen molar-refractivity contribution in [2.24, 2.45) is 5.14 Å². The third-order valence-electron chi connectivity index (χ3n) is 7.25. The zero-order chi connectivity index (χ0) is 25.8. The Labute approximate surface area is 215 Å². The molecule has 9 heteroatoms. The third kappa shape index (κ3) is 3.96. The lowest BCUT2D eigenvalue weighted by atomic mass is 9.87. The third-order valence-corrected chi connectivity index (χ3v) is 8.18. The number of hydrogen-bond donors (Lipinski definition) is 2. The largest absolute Gasteiger partial charge is 0.372 e. The molecule has 37 heavy (non-hydrogen) atoms. The summed E-state index contributed by atoms with van der Waals surface area (Å²) in [4.78, 5) is 22.3. The Bertz CT molecular complexity index is 1630. The average molecular weight is 515 g/mol. The number of amides is 1. The summed E-state index contributed by atoms with van der Waals surface area (Å²) in [6.45, 7) is 2.32. The van der Waals surface area contributed by atoms with E-state index in [9.17, 15) is 18.3 Å². The highest BCUT2D eigenvalue weighted by Crippen LogP contribution is 2.45. The summed E-state index contributed by atoms with van der Waals surface area (Å²) in [6.07, 6.45) is 2.37. The number of primary sulfonamides is 1. The smallest absolute Gasteiger partial charge is 0.268 e. The van der Waals surface area contributed by atoms with Crippen LogP contribution in [0, 0.1) is 0 Å². The van der Waals surface area contributed by atoms with Crippen molar-refractivity contribution >= 4 is 38.3 Å². The van der Waals surface area contributed by atoms with Crippen molar-refractivity contribution in [3.8, 4) is 0 Å². The molecule has 1 atom stereocenters. The van der Waals surface area contributed by atoms with E-state index >= 15 is 0 Å². The molecule has 2 aliphatic rings. The minimum Gasteiger partial charge on any atom is -0.372 e. The predicted octanol–water partition coefficient (Wildman–Crippen LogP) is 3.27. The number of aromatic nitrogens is 1. The maximum absolute atomic E-state index is 13.7. The summed E-state index contributed by atoms with van der Waals surface area (Å²) < 4.78 is 23.4. The van der Waals surface area contributed by atoms with E-state index in [-0.39, 0.29) is 17.0 Å². The van der Waals surface area contributed by atoms with Gasteiger partial charge in [-0.2, -0.15) is 0 Å². The summed E-state index contributed by atoms with van der Waals surface area (Å²) >= 11 is 0. The van der Waals surface area contributed by atoms with E-state index in [2.05, 4.69) is 11.0 Å². The second kappa shape index (κ2) is 8.65. The summed E-state index contributed by atoms with van der Waals surface area (Å²) in [6, 6.07) is 22.6. The number of hydrogen-bond acceptors (Lipinski definition) is 6. The Hall–Kier alpha value is -3.79. The van der Waals surface area contributed by atoms with Gasteiger partial charge in [-0.3, -0.25) is 4.79 Å². The Kier molecular flexibility index (Phi) is 5.52. The summed E-state index contributed by atoms with van der Waals surface area (Å²) in [5.74, 6) is 0.486. The van der Waals surface area contributed by atoms with Gasteiger partial charge in [0.25, 0.3) is 5.91 Å². The second-order valence-corrected chi connectivity index (χ2v) is 11.1. The number of fused-ring (bicyclic) bond motifs is 2. The summed E-state index contributed by atoms with van der Waals surface area (Å²) in [5, 5.41) is 17.9. The maximum atomic E-state index is 13.7. The van der Waals surface area contributed by atoms with Crippen molar-refractivity contribution in [2.75, 3.05) is 22.9 Å². The molecular weight excluding hydrogens is 488 g/mol. The van der Waals surface area contributed by atoms with E-state index in [0.717, 1.165) is 35.4 Å². The zero-order valence-electron chi connectivity index (χ0n) is 20.0. The zero-order valence-corrected chi connectivity index (χ0v) is 20.9. The quantitative estimate of drug-likeness (QED) is 0.422. The average Bonchev–Trinajstić information content (AvgIpc) is 3.51. The number of pyridine rings is 1. The number of nitrogens with two attached hydrogens (primary N) is 1. The summed E-state index contributed by atoms with van der Waals surface area (Å²) in [7, 11) is -3.90. The molecule has 3 heterocycles. The predicted molar refractivity (Wildman–Crippen MR) is 142 cm³/mol. The van der Waals surface area contributed by atoms with Gasteiger partial charge in [0.15, 0.2) is 5.60 Å². The topological polar surface area (TPSA) is 117 Å². The number of sulfonamides is 1. The van der Waals surface area contributed by atoms with Crippen LogP contribution in [0.3, 0.4) is 0 Å². The fraction of sp³-hybridized carbons (Fsp3) is 0.214. The van der Waals surface area contributed by atoms with Gasteiger partial charge < -0.3 is 14.9 Å². The van der Waals surface area contributed by atoms with E-state index in [1.54, 1.807) is 23.1 Å². The van der Waals surface area contributed by atoms with Crippen LogP contribution in [0.2, 0.25) is 0 Å². The normalized spacial score (nSPS) is 19.6. The van der Waals surface area contributed by atoms with E-state index in [0.29, 0.717) is 11.3 Å². The number of para-hydroxylation sites is 1. The number of benzene rings is 3. The first-order valence-corrected chi connectivity index (χ1v) is 13.7. The number of carbonyl (C=O) groups is 1.